The van der Waals surface area contributed by atoms with Crippen molar-refractivity contribution in [3.63, 3.8) is 0 Å². The lowest BCUT2D eigenvalue weighted by Gasteiger charge is -2.24. The second-order valence-corrected chi connectivity index (χ2v) is 7.30. The van der Waals surface area contributed by atoms with Gasteiger partial charge in [0.05, 0.1) is 22.6 Å². The van der Waals surface area contributed by atoms with Gasteiger partial charge in [0.1, 0.15) is 11.5 Å². The lowest BCUT2D eigenvalue weighted by molar-refractivity contribution is -0.0584. The van der Waals surface area contributed by atoms with Gasteiger partial charge < -0.3 is 5.32 Å². The smallest absolute Gasteiger partial charge is 0.347 e. The molecule has 0 bridgehead atoms. The highest BCUT2D eigenvalue weighted by Gasteiger charge is 2.32. The Bertz CT molecular complexity index is 1170. The zero-order valence-corrected chi connectivity index (χ0v) is 17.0. The SMILES string of the molecule is CC(C)(c1cccc(N/C=C\C(=N)C(F)(F)F)n1)c1cccc(-c2ccc(F)nc2F)n1. The first kappa shape index (κ1) is 23.0. The highest BCUT2D eigenvalue weighted by atomic mass is 19.4. The third-order valence-corrected chi connectivity index (χ3v) is 4.66. The van der Waals surface area contributed by atoms with Gasteiger partial charge in [0.2, 0.25) is 11.9 Å². The molecule has 0 aliphatic heterocycles. The summed E-state index contributed by atoms with van der Waals surface area (Å²) in [4.78, 5) is 12.1. The predicted octanol–water partition coefficient (Wildman–Crippen LogP) is 5.65. The van der Waals surface area contributed by atoms with Crippen LogP contribution in [0.15, 0.2) is 60.8 Å². The number of hydrogen-bond acceptors (Lipinski definition) is 5. The number of allylic oxidation sites excluding steroid dienone is 1. The summed E-state index contributed by atoms with van der Waals surface area (Å²) in [6.07, 6.45) is -3.15. The molecule has 0 unspecified atom stereocenters. The number of aromatic nitrogens is 3. The minimum atomic E-state index is -4.73. The van der Waals surface area contributed by atoms with Gasteiger partial charge in [0, 0.05) is 11.6 Å². The minimum Gasteiger partial charge on any atom is -0.347 e. The van der Waals surface area contributed by atoms with Crippen LogP contribution in [0.1, 0.15) is 25.2 Å². The first-order valence-electron chi connectivity index (χ1n) is 9.35. The fourth-order valence-corrected chi connectivity index (χ4v) is 2.84. The lowest BCUT2D eigenvalue weighted by atomic mass is 9.84. The molecule has 0 radical (unpaired) electrons. The van der Waals surface area contributed by atoms with Gasteiger partial charge in [-0.3, -0.25) is 10.4 Å². The van der Waals surface area contributed by atoms with Crippen LogP contribution < -0.4 is 5.32 Å². The van der Waals surface area contributed by atoms with Crippen molar-refractivity contribution in [1.29, 1.82) is 5.41 Å². The van der Waals surface area contributed by atoms with Gasteiger partial charge in [0.15, 0.2) is 0 Å². The van der Waals surface area contributed by atoms with Gasteiger partial charge in [0.25, 0.3) is 0 Å². The van der Waals surface area contributed by atoms with Gasteiger partial charge in [-0.15, -0.1) is 0 Å². The summed E-state index contributed by atoms with van der Waals surface area (Å²) in [5.74, 6) is -1.64. The highest BCUT2D eigenvalue weighted by Crippen LogP contribution is 2.31. The molecule has 32 heavy (non-hydrogen) atoms. The summed E-state index contributed by atoms with van der Waals surface area (Å²) in [7, 11) is 0. The normalized spacial score (nSPS) is 12.2. The van der Waals surface area contributed by atoms with Gasteiger partial charge in [-0.2, -0.15) is 26.9 Å². The Morgan fingerprint density at radius 3 is 2.22 bits per heavy atom. The number of halogens is 5. The van der Waals surface area contributed by atoms with E-state index in [1.165, 1.54) is 6.07 Å². The highest BCUT2D eigenvalue weighted by molar-refractivity contribution is 5.97. The van der Waals surface area contributed by atoms with E-state index < -0.39 is 29.2 Å². The van der Waals surface area contributed by atoms with Crippen molar-refractivity contribution in [2.75, 3.05) is 5.32 Å². The van der Waals surface area contributed by atoms with Crippen LogP contribution >= 0.6 is 0 Å². The fraction of sp³-hybridized carbons (Fsp3) is 0.182. The first-order chi connectivity index (χ1) is 15.0. The van der Waals surface area contributed by atoms with Crippen molar-refractivity contribution in [2.24, 2.45) is 0 Å². The van der Waals surface area contributed by atoms with Crippen molar-refractivity contribution in [3.05, 3.63) is 84.1 Å². The lowest BCUT2D eigenvalue weighted by Crippen LogP contribution is -2.22. The molecule has 0 atom stereocenters. The summed E-state index contributed by atoms with van der Waals surface area (Å²) >= 11 is 0. The van der Waals surface area contributed by atoms with Crippen LogP contribution in [0.4, 0.5) is 27.8 Å². The molecule has 3 aromatic rings. The largest absolute Gasteiger partial charge is 0.432 e. The summed E-state index contributed by atoms with van der Waals surface area (Å²) in [5, 5.41) is 9.56. The van der Waals surface area contributed by atoms with Crippen molar-refractivity contribution in [1.82, 2.24) is 15.0 Å². The molecule has 0 aliphatic carbocycles. The molecule has 0 saturated heterocycles. The second kappa shape index (κ2) is 8.81. The first-order valence-corrected chi connectivity index (χ1v) is 9.35. The number of anilines is 1. The minimum absolute atomic E-state index is 0.0460. The Morgan fingerprint density at radius 2 is 1.56 bits per heavy atom. The summed E-state index contributed by atoms with van der Waals surface area (Å²) in [5.41, 5.74) is -0.861. The number of pyridine rings is 3. The summed E-state index contributed by atoms with van der Waals surface area (Å²) in [6.45, 7) is 3.67. The predicted molar refractivity (Wildman–Crippen MR) is 110 cm³/mol. The van der Waals surface area contributed by atoms with Crippen molar-refractivity contribution >= 4 is 11.5 Å². The number of nitrogens with one attached hydrogen (secondary N) is 2. The Labute approximate surface area is 180 Å². The molecule has 3 aromatic heterocycles. The van der Waals surface area contributed by atoms with Gasteiger partial charge in [-0.1, -0.05) is 12.1 Å². The molecule has 0 aromatic carbocycles. The van der Waals surface area contributed by atoms with Crippen LogP contribution in [0.2, 0.25) is 0 Å². The number of rotatable bonds is 6. The van der Waals surface area contributed by atoms with Crippen LogP contribution in [0.25, 0.3) is 11.3 Å². The van der Waals surface area contributed by atoms with Gasteiger partial charge >= 0.3 is 6.18 Å². The molecule has 0 fully saturated rings. The van der Waals surface area contributed by atoms with E-state index in [0.717, 1.165) is 12.3 Å². The van der Waals surface area contributed by atoms with E-state index >= 15 is 0 Å². The van der Waals surface area contributed by atoms with E-state index in [2.05, 4.69) is 20.3 Å². The summed E-state index contributed by atoms with van der Waals surface area (Å²) in [6, 6.07) is 12.2. The Hall–Kier alpha value is -3.69. The Kier molecular flexibility index (Phi) is 6.33. The van der Waals surface area contributed by atoms with Crippen molar-refractivity contribution < 1.29 is 22.0 Å². The third kappa shape index (κ3) is 5.13. The molecule has 0 spiro atoms. The Balaban J connectivity index is 1.88. The van der Waals surface area contributed by atoms with Crippen molar-refractivity contribution in [2.45, 2.75) is 25.4 Å². The van der Waals surface area contributed by atoms with E-state index in [-0.39, 0.29) is 17.1 Å². The standard InChI is InChI=1S/C22H18F5N5/c1-21(2,16-6-3-5-14(30-16)13-9-10-18(23)32-20(13)24)17-7-4-8-19(31-17)29-12-11-15(28)22(25,26)27/h3-12,28H,1-2H3,(H,29,31)/b12-11-,28-15?. The zero-order chi connectivity index (χ0) is 23.5. The topological polar surface area (TPSA) is 74.6 Å². The molecule has 10 heteroatoms. The number of alkyl halides is 3. The molecule has 5 nitrogen and oxygen atoms in total. The van der Waals surface area contributed by atoms with E-state index in [9.17, 15) is 22.0 Å². The molecular formula is C22H18F5N5. The van der Waals surface area contributed by atoms with E-state index in [0.29, 0.717) is 17.5 Å². The third-order valence-electron chi connectivity index (χ3n) is 4.66. The van der Waals surface area contributed by atoms with Crippen LogP contribution in [0.3, 0.4) is 0 Å². The second-order valence-electron chi connectivity index (χ2n) is 7.30. The van der Waals surface area contributed by atoms with Gasteiger partial charge in [-0.05, 0) is 56.3 Å². The number of nitrogens with zero attached hydrogens (tertiary/aromatic N) is 3. The maximum absolute atomic E-state index is 14.1. The van der Waals surface area contributed by atoms with Crippen LogP contribution in [-0.4, -0.2) is 26.8 Å². The molecule has 2 N–H and O–H groups in total. The van der Waals surface area contributed by atoms with Crippen LogP contribution in [-0.2, 0) is 5.41 Å². The average Bonchev–Trinajstić information content (AvgIpc) is 2.73. The van der Waals surface area contributed by atoms with Crippen LogP contribution in [0, 0.1) is 17.3 Å². The molecule has 0 aliphatic rings. The molecule has 3 heterocycles. The fourth-order valence-electron chi connectivity index (χ4n) is 2.84. The zero-order valence-electron chi connectivity index (χ0n) is 17.0. The summed E-state index contributed by atoms with van der Waals surface area (Å²) < 4.78 is 64.4. The molecule has 0 amide bonds. The van der Waals surface area contributed by atoms with Gasteiger partial charge in [-0.25, -0.2) is 4.98 Å². The van der Waals surface area contributed by atoms with E-state index in [1.54, 1.807) is 36.4 Å². The molecule has 0 saturated carbocycles. The Morgan fingerprint density at radius 1 is 0.906 bits per heavy atom. The van der Waals surface area contributed by atoms with Crippen LogP contribution in [0.5, 0.6) is 0 Å². The molecule has 3 rings (SSSR count). The monoisotopic (exact) mass is 447 g/mol. The van der Waals surface area contributed by atoms with E-state index in [1.807, 2.05) is 13.8 Å². The quantitative estimate of drug-likeness (QED) is 0.291. The number of hydrogen-bond donors (Lipinski definition) is 2. The molecule has 166 valence electrons. The average molecular weight is 447 g/mol. The maximum Gasteiger partial charge on any atom is 0.432 e. The van der Waals surface area contributed by atoms with Crippen molar-refractivity contribution in [3.8, 4) is 11.3 Å². The molecular weight excluding hydrogens is 429 g/mol. The van der Waals surface area contributed by atoms with E-state index in [4.69, 9.17) is 5.41 Å². The maximum atomic E-state index is 14.1.